The fourth-order valence-electron chi connectivity index (χ4n) is 4.44. The lowest BCUT2D eigenvalue weighted by Crippen LogP contribution is -2.46. The van der Waals surface area contributed by atoms with Crippen molar-refractivity contribution in [2.45, 2.75) is 24.8 Å². The molecule has 3 heterocycles. The van der Waals surface area contributed by atoms with Gasteiger partial charge in [-0.3, -0.25) is 9.69 Å². The highest BCUT2D eigenvalue weighted by atomic mass is 16.2. The summed E-state index contributed by atoms with van der Waals surface area (Å²) in [5.74, 6) is 0.165. The smallest absolute Gasteiger partial charge is 0.235 e. The summed E-state index contributed by atoms with van der Waals surface area (Å²) in [5, 5.41) is 7.57. The Bertz CT molecular complexity index is 971. The molecule has 2 aliphatic rings. The second-order valence-corrected chi connectivity index (χ2v) is 7.43. The molecule has 1 N–H and O–H groups in total. The van der Waals surface area contributed by atoms with Gasteiger partial charge in [0.2, 0.25) is 5.91 Å². The van der Waals surface area contributed by atoms with Crippen molar-refractivity contribution in [1.29, 1.82) is 0 Å². The minimum absolute atomic E-state index is 0.165. The van der Waals surface area contributed by atoms with E-state index in [1.54, 1.807) is 0 Å². The van der Waals surface area contributed by atoms with Gasteiger partial charge in [-0.1, -0.05) is 36.4 Å². The highest BCUT2D eigenvalue weighted by molar-refractivity contribution is 6.06. The van der Waals surface area contributed by atoms with E-state index in [0.29, 0.717) is 0 Å². The molecule has 0 atom stereocenters. The van der Waals surface area contributed by atoms with Gasteiger partial charge < -0.3 is 5.32 Å². The van der Waals surface area contributed by atoms with Crippen molar-refractivity contribution in [1.82, 2.24) is 14.7 Å². The van der Waals surface area contributed by atoms with Gasteiger partial charge in [-0.2, -0.15) is 5.10 Å². The third kappa shape index (κ3) is 2.66. The number of amides is 1. The monoisotopic (exact) mass is 358 g/mol. The minimum Gasteiger partial charge on any atom is -0.325 e. The average molecular weight is 358 g/mol. The zero-order chi connectivity index (χ0) is 18.3. The van der Waals surface area contributed by atoms with E-state index in [2.05, 4.69) is 39.6 Å². The van der Waals surface area contributed by atoms with Crippen LogP contribution in [0.1, 0.15) is 24.1 Å². The summed E-state index contributed by atoms with van der Waals surface area (Å²) in [4.78, 5) is 15.2. The van der Waals surface area contributed by atoms with Crippen LogP contribution in [0.5, 0.6) is 0 Å². The highest BCUT2D eigenvalue weighted by Gasteiger charge is 2.48. The number of rotatable bonds is 3. The summed E-state index contributed by atoms with van der Waals surface area (Å²) in [5.41, 5.74) is 4.05. The molecule has 0 bridgehead atoms. The minimum atomic E-state index is -0.354. The number of fused-ring (bicyclic) bond motifs is 2. The number of benzene rings is 2. The molecule has 0 aliphatic carbocycles. The Morgan fingerprint density at radius 3 is 2.52 bits per heavy atom. The number of para-hydroxylation sites is 2. The molecule has 1 saturated heterocycles. The van der Waals surface area contributed by atoms with Crippen molar-refractivity contribution in [2.75, 3.05) is 18.4 Å². The number of carbonyl (C=O) groups excluding carboxylic acids is 1. The van der Waals surface area contributed by atoms with Crippen LogP contribution >= 0.6 is 0 Å². The van der Waals surface area contributed by atoms with Crippen LogP contribution in [0.25, 0.3) is 5.69 Å². The summed E-state index contributed by atoms with van der Waals surface area (Å²) in [6.45, 7) is 2.65. The van der Waals surface area contributed by atoms with Gasteiger partial charge in [-0.25, -0.2) is 4.68 Å². The zero-order valence-electron chi connectivity index (χ0n) is 15.1. The molecule has 0 unspecified atom stereocenters. The number of likely N-dealkylation sites (tertiary alicyclic amines) is 1. The van der Waals surface area contributed by atoms with Crippen molar-refractivity contribution >= 4 is 11.6 Å². The van der Waals surface area contributed by atoms with Crippen LogP contribution in [-0.2, 0) is 16.8 Å². The Kier molecular flexibility index (Phi) is 3.83. The van der Waals surface area contributed by atoms with E-state index in [9.17, 15) is 4.79 Å². The molecule has 136 valence electrons. The van der Waals surface area contributed by atoms with Crippen LogP contribution in [-0.4, -0.2) is 33.7 Å². The van der Waals surface area contributed by atoms with Gasteiger partial charge >= 0.3 is 0 Å². The molecule has 27 heavy (non-hydrogen) atoms. The van der Waals surface area contributed by atoms with Crippen LogP contribution in [0, 0.1) is 0 Å². The van der Waals surface area contributed by atoms with Gasteiger partial charge in [0.1, 0.15) is 0 Å². The van der Waals surface area contributed by atoms with E-state index in [0.717, 1.165) is 43.9 Å². The Morgan fingerprint density at radius 2 is 1.70 bits per heavy atom. The first-order valence-corrected chi connectivity index (χ1v) is 9.48. The van der Waals surface area contributed by atoms with E-state index in [1.165, 1.54) is 11.3 Å². The molecule has 1 spiro atoms. The van der Waals surface area contributed by atoms with Gasteiger partial charge in [0.25, 0.3) is 0 Å². The second-order valence-electron chi connectivity index (χ2n) is 7.43. The first-order chi connectivity index (χ1) is 13.3. The molecular weight excluding hydrogens is 336 g/mol. The number of nitrogens with one attached hydrogen (secondary N) is 1. The van der Waals surface area contributed by atoms with E-state index in [1.807, 2.05) is 47.3 Å². The number of hydrogen-bond acceptors (Lipinski definition) is 3. The third-order valence-electron chi connectivity index (χ3n) is 5.94. The summed E-state index contributed by atoms with van der Waals surface area (Å²) >= 11 is 0. The number of anilines is 1. The van der Waals surface area contributed by atoms with E-state index < -0.39 is 0 Å². The molecule has 1 aromatic heterocycles. The quantitative estimate of drug-likeness (QED) is 0.781. The van der Waals surface area contributed by atoms with Gasteiger partial charge in [-0.15, -0.1) is 0 Å². The summed E-state index contributed by atoms with van der Waals surface area (Å²) in [7, 11) is 0. The maximum Gasteiger partial charge on any atom is 0.235 e. The zero-order valence-corrected chi connectivity index (χ0v) is 15.1. The molecule has 5 heteroatoms. The number of hydrogen-bond donors (Lipinski definition) is 1. The fourth-order valence-corrected chi connectivity index (χ4v) is 4.44. The number of piperidine rings is 1. The van der Waals surface area contributed by atoms with Gasteiger partial charge in [-0.05, 0) is 55.8 Å². The number of aromatic nitrogens is 2. The standard InChI is InChI=1S/C22H22N4O/c27-21-22(19-8-4-5-9-20(19)24-21)11-14-25(15-12-22)16-18-10-13-23-26(18)17-6-2-1-3-7-17/h1-10,13H,11-12,14-16H2,(H,24,27). The average Bonchev–Trinajstić information content (AvgIpc) is 3.28. The lowest BCUT2D eigenvalue weighted by Gasteiger charge is -2.38. The van der Waals surface area contributed by atoms with Crippen LogP contribution in [0.3, 0.4) is 0 Å². The Hall–Kier alpha value is -2.92. The fraction of sp³-hybridized carbons (Fsp3) is 0.273. The largest absolute Gasteiger partial charge is 0.325 e. The van der Waals surface area contributed by atoms with E-state index >= 15 is 0 Å². The molecule has 1 amide bonds. The molecule has 2 aromatic carbocycles. The lowest BCUT2D eigenvalue weighted by molar-refractivity contribution is -0.122. The Balaban J connectivity index is 1.33. The number of carbonyl (C=O) groups is 1. The van der Waals surface area contributed by atoms with E-state index in [-0.39, 0.29) is 11.3 Å². The maximum absolute atomic E-state index is 12.7. The van der Waals surface area contributed by atoms with Crippen LogP contribution in [0.4, 0.5) is 5.69 Å². The normalized spacial score (nSPS) is 18.4. The molecule has 5 rings (SSSR count). The number of nitrogens with zero attached hydrogens (tertiary/aromatic N) is 3. The second kappa shape index (κ2) is 6.35. The first kappa shape index (κ1) is 16.3. The van der Waals surface area contributed by atoms with Crippen molar-refractivity contribution < 1.29 is 4.79 Å². The van der Waals surface area contributed by atoms with Gasteiger partial charge in [0.05, 0.1) is 16.8 Å². The summed E-state index contributed by atoms with van der Waals surface area (Å²) in [6.07, 6.45) is 3.57. The molecule has 1 fully saturated rings. The molecule has 0 saturated carbocycles. The third-order valence-corrected chi connectivity index (χ3v) is 5.94. The molecular formula is C22H22N4O. The Labute approximate surface area is 158 Å². The SMILES string of the molecule is O=C1Nc2ccccc2C12CCN(Cc1ccnn1-c1ccccc1)CC2. The van der Waals surface area contributed by atoms with E-state index in [4.69, 9.17) is 0 Å². The molecule has 3 aromatic rings. The Morgan fingerprint density at radius 1 is 0.963 bits per heavy atom. The molecule has 2 aliphatic heterocycles. The maximum atomic E-state index is 12.7. The van der Waals surface area contributed by atoms with Gasteiger partial charge in [0, 0.05) is 18.4 Å². The van der Waals surface area contributed by atoms with Crippen molar-refractivity contribution in [3.63, 3.8) is 0 Å². The summed E-state index contributed by atoms with van der Waals surface area (Å²) in [6, 6.07) is 20.4. The van der Waals surface area contributed by atoms with Crippen LogP contribution < -0.4 is 5.32 Å². The predicted octanol–water partition coefficient (Wildman–Crippen LogP) is 3.36. The van der Waals surface area contributed by atoms with Crippen molar-refractivity contribution in [3.8, 4) is 5.69 Å². The lowest BCUT2D eigenvalue weighted by atomic mass is 9.73. The predicted molar refractivity (Wildman–Crippen MR) is 105 cm³/mol. The molecule has 5 nitrogen and oxygen atoms in total. The van der Waals surface area contributed by atoms with Crippen molar-refractivity contribution in [3.05, 3.63) is 78.1 Å². The van der Waals surface area contributed by atoms with Crippen LogP contribution in [0.2, 0.25) is 0 Å². The topological polar surface area (TPSA) is 50.2 Å². The summed E-state index contributed by atoms with van der Waals surface area (Å²) < 4.78 is 2.00. The van der Waals surface area contributed by atoms with Crippen LogP contribution in [0.15, 0.2) is 66.9 Å². The van der Waals surface area contributed by atoms with Crippen molar-refractivity contribution in [2.24, 2.45) is 0 Å². The highest BCUT2D eigenvalue weighted by Crippen LogP contribution is 2.44. The molecule has 0 radical (unpaired) electrons. The van der Waals surface area contributed by atoms with Gasteiger partial charge in [0.15, 0.2) is 0 Å². The first-order valence-electron chi connectivity index (χ1n) is 9.48.